The molecule has 1 aromatic rings. The molecule has 0 fully saturated rings. The van der Waals surface area contributed by atoms with E-state index in [-0.39, 0.29) is 0 Å². The molecule has 1 rings (SSSR count). The molecule has 0 spiro atoms. The van der Waals surface area contributed by atoms with E-state index in [1.807, 2.05) is 0 Å². The standard InChI is InChI=1S/C7H4BClO/c8-6-3-5(4-10)1-2-7(6)9/h1-4H. The summed E-state index contributed by atoms with van der Waals surface area (Å²) in [5, 5.41) is 0.477. The fourth-order valence-corrected chi connectivity index (χ4v) is 0.753. The van der Waals surface area contributed by atoms with E-state index in [0.29, 0.717) is 16.0 Å². The maximum atomic E-state index is 10.2. The van der Waals surface area contributed by atoms with Crippen LogP contribution in [-0.4, -0.2) is 14.1 Å². The second-order valence-corrected chi connectivity index (χ2v) is 2.31. The van der Waals surface area contributed by atoms with Crippen LogP contribution in [0, 0.1) is 0 Å². The molecular weight excluding hydrogens is 146 g/mol. The molecule has 0 N–H and O–H groups in total. The summed E-state index contributed by atoms with van der Waals surface area (Å²) < 4.78 is 0. The number of carbonyl (C=O) groups is 1. The Morgan fingerprint density at radius 3 is 2.70 bits per heavy atom. The largest absolute Gasteiger partial charge is 0.298 e. The lowest BCUT2D eigenvalue weighted by molar-refractivity contribution is 0.112. The highest BCUT2D eigenvalue weighted by Gasteiger charge is 1.93. The molecule has 0 saturated carbocycles. The van der Waals surface area contributed by atoms with Crippen molar-refractivity contribution in [2.24, 2.45) is 0 Å². The van der Waals surface area contributed by atoms with Gasteiger partial charge in [-0.3, -0.25) is 4.79 Å². The van der Waals surface area contributed by atoms with Crippen LogP contribution in [0.1, 0.15) is 10.4 Å². The van der Waals surface area contributed by atoms with Gasteiger partial charge in [-0.05, 0) is 6.07 Å². The Balaban J connectivity index is 3.16. The zero-order chi connectivity index (χ0) is 7.56. The molecule has 0 atom stereocenters. The molecule has 0 heterocycles. The van der Waals surface area contributed by atoms with Crippen molar-refractivity contribution in [2.75, 3.05) is 0 Å². The van der Waals surface area contributed by atoms with Gasteiger partial charge in [0.15, 0.2) is 0 Å². The van der Waals surface area contributed by atoms with E-state index in [2.05, 4.69) is 0 Å². The number of carbonyl (C=O) groups excluding carboxylic acids is 1. The second kappa shape index (κ2) is 2.89. The van der Waals surface area contributed by atoms with Crippen molar-refractivity contribution < 1.29 is 4.79 Å². The molecule has 1 aromatic carbocycles. The van der Waals surface area contributed by atoms with Crippen LogP contribution in [0.25, 0.3) is 0 Å². The van der Waals surface area contributed by atoms with Crippen molar-refractivity contribution >= 4 is 31.2 Å². The van der Waals surface area contributed by atoms with Gasteiger partial charge in [-0.25, -0.2) is 0 Å². The number of hydrogen-bond donors (Lipinski definition) is 0. The molecule has 0 unspecified atom stereocenters. The van der Waals surface area contributed by atoms with Gasteiger partial charge in [0.2, 0.25) is 0 Å². The fourth-order valence-electron chi connectivity index (χ4n) is 0.636. The normalized spacial score (nSPS) is 9.30. The van der Waals surface area contributed by atoms with Gasteiger partial charge in [0.05, 0.1) is 0 Å². The first-order chi connectivity index (χ1) is 4.74. The molecule has 0 aliphatic carbocycles. The molecule has 0 aliphatic rings. The average Bonchev–Trinajstić information content (AvgIpc) is 1.95. The summed E-state index contributed by atoms with van der Waals surface area (Å²) in [6, 6.07) is 4.75. The summed E-state index contributed by atoms with van der Waals surface area (Å²) in [6.07, 6.45) is 0.729. The maximum absolute atomic E-state index is 10.2. The number of aldehydes is 1. The van der Waals surface area contributed by atoms with E-state index in [1.165, 1.54) is 6.07 Å². The topological polar surface area (TPSA) is 17.1 Å². The molecule has 2 radical (unpaired) electrons. The summed E-state index contributed by atoms with van der Waals surface area (Å²) in [5.41, 5.74) is 0.980. The van der Waals surface area contributed by atoms with Crippen molar-refractivity contribution in [1.29, 1.82) is 0 Å². The van der Waals surface area contributed by atoms with Crippen LogP contribution in [0.2, 0.25) is 5.02 Å². The smallest absolute Gasteiger partial charge is 0.150 e. The summed E-state index contributed by atoms with van der Waals surface area (Å²) >= 11 is 5.60. The molecule has 10 heavy (non-hydrogen) atoms. The van der Waals surface area contributed by atoms with E-state index in [0.717, 1.165) is 6.29 Å². The zero-order valence-electron chi connectivity index (χ0n) is 5.17. The van der Waals surface area contributed by atoms with Crippen LogP contribution in [-0.2, 0) is 0 Å². The summed E-state index contributed by atoms with van der Waals surface area (Å²) in [6.45, 7) is 0. The third-order valence-corrected chi connectivity index (χ3v) is 1.50. The predicted molar refractivity (Wildman–Crippen MR) is 42.2 cm³/mol. The van der Waals surface area contributed by atoms with Gasteiger partial charge in [0.1, 0.15) is 14.1 Å². The molecule has 1 nitrogen and oxygen atoms in total. The van der Waals surface area contributed by atoms with Gasteiger partial charge in [0.25, 0.3) is 0 Å². The minimum absolute atomic E-state index is 0.436. The van der Waals surface area contributed by atoms with E-state index >= 15 is 0 Å². The maximum Gasteiger partial charge on any atom is 0.150 e. The second-order valence-electron chi connectivity index (χ2n) is 1.90. The van der Waals surface area contributed by atoms with Crippen LogP contribution in [0.3, 0.4) is 0 Å². The van der Waals surface area contributed by atoms with Crippen molar-refractivity contribution in [1.82, 2.24) is 0 Å². The van der Waals surface area contributed by atoms with Crippen LogP contribution in [0.4, 0.5) is 0 Å². The fraction of sp³-hybridized carbons (Fsp3) is 0. The Kier molecular flexibility index (Phi) is 2.12. The van der Waals surface area contributed by atoms with Gasteiger partial charge in [0, 0.05) is 10.6 Å². The highest BCUT2D eigenvalue weighted by atomic mass is 35.5. The van der Waals surface area contributed by atoms with Gasteiger partial charge >= 0.3 is 0 Å². The summed E-state index contributed by atoms with van der Waals surface area (Å²) in [5.74, 6) is 0. The SMILES string of the molecule is [B]c1cc(C=O)ccc1Cl. The highest BCUT2D eigenvalue weighted by molar-refractivity contribution is 6.45. The first kappa shape index (κ1) is 7.35. The van der Waals surface area contributed by atoms with Crippen LogP contribution in [0.15, 0.2) is 18.2 Å². The third kappa shape index (κ3) is 1.39. The lowest BCUT2D eigenvalue weighted by atomic mass is 9.95. The van der Waals surface area contributed by atoms with Gasteiger partial charge in [-0.15, -0.1) is 0 Å². The first-order valence-electron chi connectivity index (χ1n) is 2.74. The Labute approximate surface area is 65.4 Å². The Morgan fingerprint density at radius 1 is 1.50 bits per heavy atom. The molecular formula is C7H4BClO. The number of benzene rings is 1. The van der Waals surface area contributed by atoms with Crippen LogP contribution >= 0.6 is 11.6 Å². The minimum Gasteiger partial charge on any atom is -0.298 e. The molecule has 0 bridgehead atoms. The van der Waals surface area contributed by atoms with Crippen molar-refractivity contribution in [2.45, 2.75) is 0 Å². The Hall–Kier alpha value is -0.755. The molecule has 0 saturated heterocycles. The molecule has 0 amide bonds. The zero-order valence-corrected chi connectivity index (χ0v) is 5.93. The average molecular weight is 150 g/mol. The van der Waals surface area contributed by atoms with Crippen molar-refractivity contribution in [3.63, 3.8) is 0 Å². The van der Waals surface area contributed by atoms with Crippen molar-refractivity contribution in [3.05, 3.63) is 28.8 Å². The predicted octanol–water partition coefficient (Wildman–Crippen LogP) is 0.946. The first-order valence-corrected chi connectivity index (χ1v) is 3.12. The lowest BCUT2D eigenvalue weighted by Crippen LogP contribution is -2.04. The van der Waals surface area contributed by atoms with E-state index in [4.69, 9.17) is 19.4 Å². The monoisotopic (exact) mass is 150 g/mol. The van der Waals surface area contributed by atoms with E-state index in [9.17, 15) is 4.79 Å². The molecule has 0 aliphatic heterocycles. The van der Waals surface area contributed by atoms with Crippen LogP contribution in [0.5, 0.6) is 0 Å². The molecule has 3 heteroatoms. The van der Waals surface area contributed by atoms with Gasteiger partial charge in [-0.2, -0.15) is 0 Å². The quantitative estimate of drug-likeness (QED) is 0.430. The minimum atomic E-state index is 0.436. The Morgan fingerprint density at radius 2 is 2.20 bits per heavy atom. The van der Waals surface area contributed by atoms with E-state index in [1.54, 1.807) is 12.1 Å². The van der Waals surface area contributed by atoms with Crippen molar-refractivity contribution in [3.8, 4) is 0 Å². The third-order valence-electron chi connectivity index (χ3n) is 1.16. The summed E-state index contributed by atoms with van der Waals surface area (Å²) in [7, 11) is 5.41. The number of hydrogen-bond acceptors (Lipinski definition) is 1. The summed E-state index contributed by atoms with van der Waals surface area (Å²) in [4.78, 5) is 10.2. The van der Waals surface area contributed by atoms with Gasteiger partial charge in [-0.1, -0.05) is 29.2 Å². The number of halogens is 1. The lowest BCUT2D eigenvalue weighted by Gasteiger charge is -1.96. The van der Waals surface area contributed by atoms with E-state index < -0.39 is 0 Å². The molecule has 0 aromatic heterocycles. The highest BCUT2D eigenvalue weighted by Crippen LogP contribution is 2.04. The number of rotatable bonds is 1. The Bertz CT molecular complexity index is 260. The van der Waals surface area contributed by atoms with Crippen LogP contribution < -0.4 is 5.46 Å². The molecule has 48 valence electrons. The van der Waals surface area contributed by atoms with Gasteiger partial charge < -0.3 is 0 Å².